The summed E-state index contributed by atoms with van der Waals surface area (Å²) in [5.74, 6) is 0. The van der Waals surface area contributed by atoms with E-state index >= 15 is 0 Å². The van der Waals surface area contributed by atoms with Crippen LogP contribution in [-0.4, -0.2) is 37.0 Å². The highest BCUT2D eigenvalue weighted by molar-refractivity contribution is 5.46. The van der Waals surface area contributed by atoms with Crippen LogP contribution in [0, 0.1) is 0 Å². The van der Waals surface area contributed by atoms with Gasteiger partial charge in [0.1, 0.15) is 0 Å². The Balaban J connectivity index is 2.17. The Kier molecular flexibility index (Phi) is 3.36. The molecule has 1 aliphatic rings. The number of amides is 1. The second-order valence-corrected chi connectivity index (χ2v) is 3.07. The Morgan fingerprint density at radius 2 is 2.55 bits per heavy atom. The highest BCUT2D eigenvalue weighted by atomic mass is 16.1. The highest BCUT2D eigenvalue weighted by Crippen LogP contribution is 2.08. The van der Waals surface area contributed by atoms with Gasteiger partial charge in [0.25, 0.3) is 0 Å². The molecule has 0 aromatic carbocycles. The van der Waals surface area contributed by atoms with Crippen molar-refractivity contribution in [1.29, 1.82) is 0 Å². The van der Waals surface area contributed by atoms with Crippen LogP contribution in [0.15, 0.2) is 0 Å². The van der Waals surface area contributed by atoms with Crippen molar-refractivity contribution in [2.24, 2.45) is 0 Å². The molecule has 1 fully saturated rings. The molecule has 0 saturated carbocycles. The fourth-order valence-electron chi connectivity index (χ4n) is 1.58. The minimum absolute atomic E-state index is 0.402. The Morgan fingerprint density at radius 3 is 3.18 bits per heavy atom. The molecule has 1 aliphatic heterocycles. The van der Waals surface area contributed by atoms with E-state index in [-0.39, 0.29) is 0 Å². The first-order chi connectivity index (χ1) is 5.36. The Labute approximate surface area is 67.8 Å². The Morgan fingerprint density at radius 1 is 1.73 bits per heavy atom. The lowest BCUT2D eigenvalue weighted by molar-refractivity contribution is -0.110. The summed E-state index contributed by atoms with van der Waals surface area (Å²) in [5.41, 5.74) is 0. The lowest BCUT2D eigenvalue weighted by atomic mass is 10.3. The van der Waals surface area contributed by atoms with E-state index in [9.17, 15) is 4.79 Å². The van der Waals surface area contributed by atoms with Crippen molar-refractivity contribution in [2.75, 3.05) is 19.6 Å². The van der Waals surface area contributed by atoms with E-state index in [0.29, 0.717) is 6.04 Å². The van der Waals surface area contributed by atoms with E-state index in [2.05, 4.69) is 17.1 Å². The number of hydrogen-bond donors (Lipinski definition) is 1. The first-order valence-corrected chi connectivity index (χ1v) is 4.29. The van der Waals surface area contributed by atoms with Crippen molar-refractivity contribution in [1.82, 2.24) is 10.2 Å². The maximum absolute atomic E-state index is 10.1. The fourth-order valence-corrected chi connectivity index (χ4v) is 1.58. The molecule has 0 aliphatic carbocycles. The summed E-state index contributed by atoms with van der Waals surface area (Å²) in [5, 5.41) is 2.81. The molecule has 0 spiro atoms. The molecule has 1 atom stereocenters. The molecule has 11 heavy (non-hydrogen) atoms. The monoisotopic (exact) mass is 156 g/mol. The van der Waals surface area contributed by atoms with Crippen molar-refractivity contribution in [3.05, 3.63) is 0 Å². The molecular weight excluding hydrogens is 140 g/mol. The van der Waals surface area contributed by atoms with Crippen LogP contribution in [0.5, 0.6) is 0 Å². The van der Waals surface area contributed by atoms with E-state index in [1.165, 1.54) is 6.42 Å². The molecule has 1 rings (SSSR count). The van der Waals surface area contributed by atoms with Crippen LogP contribution in [0.4, 0.5) is 0 Å². The quantitative estimate of drug-likeness (QED) is 0.590. The molecule has 3 nitrogen and oxygen atoms in total. The first-order valence-electron chi connectivity index (χ1n) is 4.29. The third kappa shape index (κ3) is 2.50. The van der Waals surface area contributed by atoms with Gasteiger partial charge in [-0.1, -0.05) is 6.92 Å². The van der Waals surface area contributed by atoms with E-state index in [4.69, 9.17) is 0 Å². The zero-order chi connectivity index (χ0) is 8.10. The zero-order valence-electron chi connectivity index (χ0n) is 7.05. The van der Waals surface area contributed by atoms with Crippen LogP contribution >= 0.6 is 0 Å². The molecule has 1 unspecified atom stereocenters. The molecule has 1 heterocycles. The van der Waals surface area contributed by atoms with Gasteiger partial charge in [-0.05, 0) is 19.4 Å². The number of likely N-dealkylation sites (tertiary alicyclic amines) is 1. The van der Waals surface area contributed by atoms with Gasteiger partial charge in [0.15, 0.2) is 0 Å². The molecule has 0 radical (unpaired) electrons. The summed E-state index contributed by atoms with van der Waals surface area (Å²) < 4.78 is 0. The second kappa shape index (κ2) is 4.34. The van der Waals surface area contributed by atoms with Crippen molar-refractivity contribution in [2.45, 2.75) is 25.8 Å². The van der Waals surface area contributed by atoms with Crippen LogP contribution in [0.2, 0.25) is 0 Å². The standard InChI is InChI=1S/C8H16N2O/c1-2-4-10-5-3-8(6-10)9-7-11/h7-8H,2-6H2,1H3,(H,9,11). The van der Waals surface area contributed by atoms with Gasteiger partial charge >= 0.3 is 0 Å². The molecular formula is C8H16N2O. The van der Waals surface area contributed by atoms with Crippen LogP contribution in [0.25, 0.3) is 0 Å². The Hall–Kier alpha value is -0.570. The van der Waals surface area contributed by atoms with E-state index < -0.39 is 0 Å². The average molecular weight is 156 g/mol. The zero-order valence-corrected chi connectivity index (χ0v) is 7.05. The molecule has 0 bridgehead atoms. The van der Waals surface area contributed by atoms with Crippen molar-refractivity contribution < 1.29 is 4.79 Å². The number of rotatable bonds is 4. The van der Waals surface area contributed by atoms with Gasteiger partial charge < -0.3 is 10.2 Å². The SMILES string of the molecule is CCCN1CCC(NC=O)C1. The molecule has 1 saturated heterocycles. The van der Waals surface area contributed by atoms with Gasteiger partial charge in [-0.3, -0.25) is 4.79 Å². The third-order valence-corrected chi connectivity index (χ3v) is 2.12. The van der Waals surface area contributed by atoms with Crippen molar-refractivity contribution in [3.8, 4) is 0 Å². The van der Waals surface area contributed by atoms with Gasteiger partial charge in [-0.25, -0.2) is 0 Å². The van der Waals surface area contributed by atoms with Crippen molar-refractivity contribution >= 4 is 6.41 Å². The third-order valence-electron chi connectivity index (χ3n) is 2.12. The van der Waals surface area contributed by atoms with Crippen LogP contribution in [-0.2, 0) is 4.79 Å². The molecule has 1 amide bonds. The van der Waals surface area contributed by atoms with Crippen LogP contribution < -0.4 is 5.32 Å². The minimum Gasteiger partial charge on any atom is -0.355 e. The summed E-state index contributed by atoms with van der Waals surface area (Å²) in [6.45, 7) is 5.52. The van der Waals surface area contributed by atoms with Gasteiger partial charge in [0.05, 0.1) is 0 Å². The minimum atomic E-state index is 0.402. The summed E-state index contributed by atoms with van der Waals surface area (Å²) in [7, 11) is 0. The van der Waals surface area contributed by atoms with Gasteiger partial charge in [0.2, 0.25) is 6.41 Å². The molecule has 0 aromatic heterocycles. The maximum atomic E-state index is 10.1. The number of nitrogens with zero attached hydrogens (tertiary/aromatic N) is 1. The number of carbonyl (C=O) groups excluding carboxylic acids is 1. The molecule has 64 valence electrons. The number of hydrogen-bond acceptors (Lipinski definition) is 2. The molecule has 3 heteroatoms. The second-order valence-electron chi connectivity index (χ2n) is 3.07. The predicted octanol–water partition coefficient (Wildman–Crippen LogP) is 0.217. The maximum Gasteiger partial charge on any atom is 0.207 e. The van der Waals surface area contributed by atoms with Gasteiger partial charge in [0, 0.05) is 19.1 Å². The number of carbonyl (C=O) groups is 1. The van der Waals surface area contributed by atoms with Crippen LogP contribution in [0.1, 0.15) is 19.8 Å². The average Bonchev–Trinajstić information content (AvgIpc) is 2.38. The highest BCUT2D eigenvalue weighted by Gasteiger charge is 2.20. The first kappa shape index (κ1) is 8.53. The summed E-state index contributed by atoms with van der Waals surface area (Å²) in [4.78, 5) is 12.5. The normalized spacial score (nSPS) is 25.4. The van der Waals surface area contributed by atoms with Gasteiger partial charge in [-0.15, -0.1) is 0 Å². The van der Waals surface area contributed by atoms with E-state index in [0.717, 1.165) is 32.5 Å². The predicted molar refractivity (Wildman–Crippen MR) is 44.3 cm³/mol. The summed E-state index contributed by atoms with van der Waals surface area (Å²) in [6, 6.07) is 0.402. The topological polar surface area (TPSA) is 32.3 Å². The van der Waals surface area contributed by atoms with Gasteiger partial charge in [-0.2, -0.15) is 0 Å². The molecule has 0 aromatic rings. The fraction of sp³-hybridized carbons (Fsp3) is 0.875. The smallest absolute Gasteiger partial charge is 0.207 e. The van der Waals surface area contributed by atoms with Crippen LogP contribution in [0.3, 0.4) is 0 Å². The Bertz CT molecular complexity index is 127. The summed E-state index contributed by atoms with van der Waals surface area (Å²) >= 11 is 0. The molecule has 1 N–H and O–H groups in total. The lowest BCUT2D eigenvalue weighted by Crippen LogP contribution is -2.31. The number of nitrogens with one attached hydrogen (secondary N) is 1. The largest absolute Gasteiger partial charge is 0.355 e. The van der Waals surface area contributed by atoms with E-state index in [1.807, 2.05) is 0 Å². The van der Waals surface area contributed by atoms with Crippen molar-refractivity contribution in [3.63, 3.8) is 0 Å². The van der Waals surface area contributed by atoms with E-state index in [1.54, 1.807) is 0 Å². The summed E-state index contributed by atoms with van der Waals surface area (Å²) in [6.07, 6.45) is 3.12. The lowest BCUT2D eigenvalue weighted by Gasteiger charge is -2.13.